The van der Waals surface area contributed by atoms with Crippen LogP contribution in [-0.4, -0.2) is 0 Å². The van der Waals surface area contributed by atoms with Crippen molar-refractivity contribution in [3.05, 3.63) is 437 Å². The molecular formula is C108H72N2. The Morgan fingerprint density at radius 2 is 0.455 bits per heavy atom. The van der Waals surface area contributed by atoms with Crippen LogP contribution in [0.1, 0.15) is 0 Å². The molecule has 0 spiro atoms. The Kier molecular flexibility index (Phi) is 16.6. The van der Waals surface area contributed by atoms with Crippen LogP contribution in [0, 0.1) is 0 Å². The summed E-state index contributed by atoms with van der Waals surface area (Å²) < 4.78 is 0. The van der Waals surface area contributed by atoms with E-state index >= 15 is 0 Å². The number of benzene rings is 20. The predicted molar refractivity (Wildman–Crippen MR) is 470 cm³/mol. The molecule has 0 N–H and O–H groups in total. The average molecular weight is 1400 g/mol. The van der Waals surface area contributed by atoms with Gasteiger partial charge in [0.1, 0.15) is 0 Å². The largest absolute Gasteiger partial charge is 0.310 e. The number of anilines is 6. The van der Waals surface area contributed by atoms with Gasteiger partial charge >= 0.3 is 0 Å². The Morgan fingerprint density at radius 3 is 1.01 bits per heavy atom. The summed E-state index contributed by atoms with van der Waals surface area (Å²) in [6.45, 7) is 0. The summed E-state index contributed by atoms with van der Waals surface area (Å²) in [5.74, 6) is 0. The Hall–Kier alpha value is -14.4. The maximum Gasteiger partial charge on any atom is 0.0546 e. The van der Waals surface area contributed by atoms with E-state index < -0.39 is 0 Å². The normalized spacial score (nSPS) is 11.5. The fraction of sp³-hybridized carbons (Fsp3) is 0. The van der Waals surface area contributed by atoms with Crippen molar-refractivity contribution in [1.82, 2.24) is 0 Å². The van der Waals surface area contributed by atoms with Gasteiger partial charge in [-0.1, -0.05) is 334 Å². The van der Waals surface area contributed by atoms with Crippen LogP contribution in [0.2, 0.25) is 0 Å². The molecule has 20 aromatic rings. The molecule has 0 aliphatic rings. The highest BCUT2D eigenvalue weighted by atomic mass is 15.1. The second-order valence-corrected chi connectivity index (χ2v) is 28.7. The smallest absolute Gasteiger partial charge is 0.0546 e. The van der Waals surface area contributed by atoms with E-state index in [2.05, 4.69) is 447 Å². The molecule has 0 saturated carbocycles. The lowest BCUT2D eigenvalue weighted by atomic mass is 9.90. The van der Waals surface area contributed by atoms with Crippen molar-refractivity contribution in [3.8, 4) is 100 Å². The second-order valence-electron chi connectivity index (χ2n) is 28.7. The van der Waals surface area contributed by atoms with Gasteiger partial charge in [0.05, 0.1) is 5.69 Å². The van der Waals surface area contributed by atoms with Crippen LogP contribution in [0.5, 0.6) is 0 Å². The molecule has 0 bridgehead atoms. The first-order chi connectivity index (χ1) is 54.5. The lowest BCUT2D eigenvalue weighted by molar-refractivity contribution is 1.28. The maximum atomic E-state index is 2.50. The highest BCUT2D eigenvalue weighted by molar-refractivity contribution is 6.16. The zero-order chi connectivity index (χ0) is 72.9. The number of nitrogens with zero attached hydrogens (tertiary/aromatic N) is 2. The molecule has 110 heavy (non-hydrogen) atoms. The monoisotopic (exact) mass is 1400 g/mol. The van der Waals surface area contributed by atoms with Gasteiger partial charge < -0.3 is 9.80 Å². The third kappa shape index (κ3) is 12.3. The fourth-order valence-corrected chi connectivity index (χ4v) is 16.8. The number of hydrogen-bond donors (Lipinski definition) is 0. The Labute approximate surface area is 641 Å². The van der Waals surface area contributed by atoms with Crippen molar-refractivity contribution in [2.75, 3.05) is 9.80 Å². The molecule has 0 aliphatic carbocycles. The quantitative estimate of drug-likeness (QED) is 0.0944. The van der Waals surface area contributed by atoms with Crippen LogP contribution < -0.4 is 9.80 Å². The van der Waals surface area contributed by atoms with Crippen LogP contribution >= 0.6 is 0 Å². The van der Waals surface area contributed by atoms with Gasteiger partial charge in [-0.05, 0) is 262 Å². The minimum absolute atomic E-state index is 1.03. The van der Waals surface area contributed by atoms with E-state index in [1.54, 1.807) is 0 Å². The molecular weight excluding hydrogens is 1330 g/mol. The molecule has 0 aliphatic heterocycles. The summed E-state index contributed by atoms with van der Waals surface area (Å²) >= 11 is 0. The van der Waals surface area contributed by atoms with Gasteiger partial charge in [-0.2, -0.15) is 0 Å². The minimum Gasteiger partial charge on any atom is -0.310 e. The van der Waals surface area contributed by atoms with Gasteiger partial charge in [-0.25, -0.2) is 0 Å². The van der Waals surface area contributed by atoms with Gasteiger partial charge in [0.25, 0.3) is 0 Å². The van der Waals surface area contributed by atoms with E-state index in [-0.39, 0.29) is 0 Å². The zero-order valence-corrected chi connectivity index (χ0v) is 60.5. The first-order valence-corrected chi connectivity index (χ1v) is 37.9. The van der Waals surface area contributed by atoms with Crippen molar-refractivity contribution in [2.45, 2.75) is 0 Å². The highest BCUT2D eigenvalue weighted by Gasteiger charge is 2.24. The number of rotatable bonds is 15. The summed E-state index contributed by atoms with van der Waals surface area (Å²) in [5, 5.41) is 14.6. The Balaban J connectivity index is 0.798. The molecule has 0 atom stereocenters. The molecule has 0 fully saturated rings. The van der Waals surface area contributed by atoms with E-state index in [0.29, 0.717) is 0 Å². The van der Waals surface area contributed by atoms with Crippen molar-refractivity contribution in [2.24, 2.45) is 0 Å². The summed E-state index contributed by atoms with van der Waals surface area (Å²) in [6.07, 6.45) is 0. The minimum atomic E-state index is 1.03. The molecule has 0 heterocycles. The van der Waals surface area contributed by atoms with E-state index in [1.165, 1.54) is 75.8 Å². The van der Waals surface area contributed by atoms with Crippen molar-refractivity contribution < 1.29 is 0 Å². The fourth-order valence-electron chi connectivity index (χ4n) is 16.8. The summed E-state index contributed by atoms with van der Waals surface area (Å²) in [4.78, 5) is 4.98. The Bertz CT molecular complexity index is 6920. The summed E-state index contributed by atoms with van der Waals surface area (Å²) in [7, 11) is 0. The first kappa shape index (κ1) is 65.1. The molecule has 20 rings (SSSR count). The molecule has 20 aromatic carbocycles. The van der Waals surface area contributed by atoms with Crippen LogP contribution in [0.15, 0.2) is 437 Å². The molecule has 2 heteroatoms. The third-order valence-corrected chi connectivity index (χ3v) is 22.1. The Morgan fingerprint density at radius 1 is 0.118 bits per heavy atom. The van der Waals surface area contributed by atoms with Crippen LogP contribution in [0.4, 0.5) is 34.1 Å². The van der Waals surface area contributed by atoms with Crippen LogP contribution in [0.3, 0.4) is 0 Å². The topological polar surface area (TPSA) is 6.48 Å². The van der Waals surface area contributed by atoms with E-state index in [0.717, 1.165) is 123 Å². The van der Waals surface area contributed by atoms with Gasteiger partial charge in [0.2, 0.25) is 0 Å². The molecule has 0 aromatic heterocycles. The lowest BCUT2D eigenvalue weighted by Gasteiger charge is -2.29. The number of fused-ring (bicyclic) bond motifs is 8. The maximum absolute atomic E-state index is 2.50. The van der Waals surface area contributed by atoms with Crippen molar-refractivity contribution >= 4 is 98.8 Å². The molecule has 0 amide bonds. The van der Waals surface area contributed by atoms with Gasteiger partial charge in [0, 0.05) is 34.0 Å². The van der Waals surface area contributed by atoms with Crippen molar-refractivity contribution in [1.29, 1.82) is 0 Å². The third-order valence-electron chi connectivity index (χ3n) is 22.1. The molecule has 2 nitrogen and oxygen atoms in total. The molecule has 0 saturated heterocycles. The van der Waals surface area contributed by atoms with Crippen LogP contribution in [0.25, 0.3) is 165 Å². The first-order valence-electron chi connectivity index (χ1n) is 37.9. The van der Waals surface area contributed by atoms with E-state index in [9.17, 15) is 0 Å². The lowest BCUT2D eigenvalue weighted by Crippen LogP contribution is -2.12. The van der Waals surface area contributed by atoms with Crippen LogP contribution in [-0.2, 0) is 0 Å². The van der Waals surface area contributed by atoms with Gasteiger partial charge in [0.15, 0.2) is 0 Å². The van der Waals surface area contributed by atoms with Gasteiger partial charge in [-0.3, -0.25) is 0 Å². The second kappa shape index (κ2) is 28.1. The van der Waals surface area contributed by atoms with Crippen molar-refractivity contribution in [3.63, 3.8) is 0 Å². The molecule has 0 radical (unpaired) electrons. The highest BCUT2D eigenvalue weighted by Crippen LogP contribution is 2.50. The van der Waals surface area contributed by atoms with E-state index in [1.807, 2.05) is 0 Å². The summed E-state index contributed by atoms with van der Waals surface area (Å²) in [6, 6.07) is 162. The zero-order valence-electron chi connectivity index (χ0n) is 60.5. The van der Waals surface area contributed by atoms with Gasteiger partial charge in [-0.15, -0.1) is 0 Å². The predicted octanol–water partition coefficient (Wildman–Crippen LogP) is 30.5. The number of hydrogen-bond acceptors (Lipinski definition) is 2. The molecule has 514 valence electrons. The molecule has 0 unspecified atom stereocenters. The SMILES string of the molecule is c1ccc(-c2ccc(N(c3cccc(-c4ccc5ccccc5c4)c3)c3cc(-c4cccc(-c5ccc(-c6ccccc6)c(N(c6cccc(-c7ccc8ccccc8c7)c6)c6cccc(-c7cc8ccccc8c8ccccc78)c6)c5)c4)cc(-c4cc5ccccc5c5ccccc45)c3)cc2-c2ccccc2)cc1. The van der Waals surface area contributed by atoms with E-state index in [4.69, 9.17) is 0 Å². The average Bonchev–Trinajstić information content (AvgIpc) is 0.754. The summed E-state index contributed by atoms with van der Waals surface area (Å²) in [5.41, 5.74) is 26.6. The standard InChI is InChI=1S/C108H72N2/c1-4-28-75(29-5-1)99-59-57-95(72-107(99)77-32-8-3-9-33-77)109(92-43-23-40-82(64-92)84-54-52-73-26-10-12-34-78(73)60-84)96-67-90(63-91(68-96)106-70-89-37-15-17-47-98(89)102-49-19-21-51-104(102)106)81-39-22-38-80(62-81)86-56-58-100(76-30-6-2-7-31-76)108(71-86)110(93-44-24-41-83(65-93)85-55-53-74-27-11-13-35-79(74)61-85)94-45-25-42-87(66-94)105-69-88-36-14-16-46-97(88)101-48-18-20-50-103(101)105/h1-72H.